The molecule has 0 amide bonds. The van der Waals surface area contributed by atoms with Crippen LogP contribution >= 0.6 is 0 Å². The minimum atomic E-state index is -0.857. The van der Waals surface area contributed by atoms with E-state index in [1.165, 1.54) is 0 Å². The first-order valence-corrected chi connectivity index (χ1v) is 8.64. The minimum Gasteiger partial charge on any atom is -0.550 e. The molecule has 2 fully saturated rings. The van der Waals surface area contributed by atoms with E-state index in [0.29, 0.717) is 23.7 Å². The van der Waals surface area contributed by atoms with Gasteiger partial charge in [0, 0.05) is 23.8 Å². The van der Waals surface area contributed by atoms with Crippen molar-refractivity contribution < 1.29 is 47.1 Å². The van der Waals surface area contributed by atoms with Crippen LogP contribution in [0, 0.1) is 35.5 Å². The van der Waals surface area contributed by atoms with E-state index in [4.69, 9.17) is 0 Å². The molecule has 0 aromatic carbocycles. The molecule has 0 aromatic rings. The smallest absolute Gasteiger partial charge is 0.550 e. The van der Waals surface area contributed by atoms with Crippen LogP contribution in [0.2, 0.25) is 0 Å². The molecule has 0 aromatic heterocycles. The number of hydrogen-bond donors (Lipinski definition) is 0. The van der Waals surface area contributed by atoms with E-state index in [1.54, 1.807) is 0 Å². The minimum absolute atomic E-state index is 0. The third-order valence-corrected chi connectivity index (χ3v) is 5.47. The summed E-state index contributed by atoms with van der Waals surface area (Å²) in [5, 5.41) is 21.1. The van der Waals surface area contributed by atoms with Gasteiger partial charge in [-0.3, -0.25) is 0 Å². The maximum atomic E-state index is 10.6. The van der Waals surface area contributed by atoms with Crippen LogP contribution in [0.4, 0.5) is 0 Å². The van der Waals surface area contributed by atoms with Crippen molar-refractivity contribution in [3.63, 3.8) is 0 Å². The molecule has 2 saturated carbocycles. The Morgan fingerprint density at radius 1 is 0.696 bits per heavy atom. The van der Waals surface area contributed by atoms with Crippen molar-refractivity contribution >= 4 is 11.9 Å². The van der Waals surface area contributed by atoms with Crippen LogP contribution in [0.1, 0.15) is 66.2 Å². The Bertz CT molecular complexity index is 349. The van der Waals surface area contributed by atoms with E-state index < -0.39 is 11.9 Å². The molecule has 0 aliphatic heterocycles. The number of hydrogen-bond acceptors (Lipinski definition) is 4. The van der Waals surface area contributed by atoms with Gasteiger partial charge in [0.2, 0.25) is 0 Å². The normalized spacial score (nSPS) is 36.9. The summed E-state index contributed by atoms with van der Waals surface area (Å²) in [5.74, 6) is -0.0834. The molecule has 2 aliphatic rings. The number of aliphatic carboxylic acids is 2. The zero-order valence-corrected chi connectivity index (χ0v) is 19.1. The first-order chi connectivity index (χ1) is 10.2. The van der Waals surface area contributed by atoms with Crippen LogP contribution < -0.4 is 10.2 Å². The van der Waals surface area contributed by atoms with Crippen molar-refractivity contribution in [1.82, 2.24) is 0 Å². The van der Waals surface area contributed by atoms with E-state index in [2.05, 4.69) is 13.8 Å². The Kier molecular flexibility index (Phi) is 10.6. The van der Waals surface area contributed by atoms with Crippen LogP contribution in [-0.2, 0) is 36.9 Å². The largest absolute Gasteiger partial charge is 2.00 e. The Morgan fingerprint density at radius 2 is 1.00 bits per heavy atom. The molecule has 4 nitrogen and oxygen atoms in total. The number of carbonyl (C=O) groups excluding carboxylic acids is 2. The zero-order chi connectivity index (χ0) is 16.9. The molecule has 0 bridgehead atoms. The van der Waals surface area contributed by atoms with Gasteiger partial charge in [0.25, 0.3) is 0 Å². The summed E-state index contributed by atoms with van der Waals surface area (Å²) in [7, 11) is 0. The van der Waals surface area contributed by atoms with Gasteiger partial charge in [-0.05, 0) is 49.4 Å². The Labute approximate surface area is 160 Å². The summed E-state index contributed by atoms with van der Waals surface area (Å²) in [6, 6.07) is 0. The molecular weight excluding hydrogens is 393 g/mol. The maximum Gasteiger partial charge on any atom is 2.00 e. The predicted octanol–water partition coefficient (Wildman–Crippen LogP) is 1.61. The van der Waals surface area contributed by atoms with E-state index in [9.17, 15) is 19.8 Å². The van der Waals surface area contributed by atoms with Gasteiger partial charge in [0.05, 0.1) is 0 Å². The summed E-state index contributed by atoms with van der Waals surface area (Å²) in [4.78, 5) is 21.1. The Hall–Kier alpha value is -0.138. The summed E-state index contributed by atoms with van der Waals surface area (Å²) < 4.78 is 0. The van der Waals surface area contributed by atoms with Crippen molar-refractivity contribution in [2.75, 3.05) is 0 Å². The standard InChI is InChI=1S/2C9H16O2.Cd/c2*1-6-3-4-8(9(10)11)7(2)5-6;/h2*6-8H,3-5H2,1-2H3,(H,10,11);/q;;+2/p-2. The second-order valence-electron chi connectivity index (χ2n) is 7.64. The molecule has 2 rings (SSSR count). The van der Waals surface area contributed by atoms with E-state index in [0.717, 1.165) is 38.5 Å². The second kappa shape index (κ2) is 10.7. The zero-order valence-electron chi connectivity index (χ0n) is 15.0. The van der Waals surface area contributed by atoms with E-state index >= 15 is 0 Å². The van der Waals surface area contributed by atoms with E-state index in [-0.39, 0.29) is 39.1 Å². The fourth-order valence-electron chi connectivity index (χ4n) is 4.03. The quantitative estimate of drug-likeness (QED) is 0.633. The van der Waals surface area contributed by atoms with Gasteiger partial charge in [-0.1, -0.05) is 40.5 Å². The van der Waals surface area contributed by atoms with Gasteiger partial charge in [-0.25, -0.2) is 0 Å². The number of carboxylic acid groups (broad SMARTS) is 2. The third-order valence-electron chi connectivity index (χ3n) is 5.47. The predicted molar refractivity (Wildman–Crippen MR) is 81.4 cm³/mol. The molecule has 23 heavy (non-hydrogen) atoms. The average Bonchev–Trinajstić information content (AvgIpc) is 2.38. The molecule has 0 saturated heterocycles. The van der Waals surface area contributed by atoms with Crippen LogP contribution in [-0.4, -0.2) is 11.9 Å². The number of carboxylic acids is 2. The molecular formula is C18H30CdO4. The number of carbonyl (C=O) groups is 2. The molecule has 0 N–H and O–H groups in total. The summed E-state index contributed by atoms with van der Waals surface area (Å²) >= 11 is 0. The average molecular weight is 423 g/mol. The molecule has 6 atom stereocenters. The molecule has 6 unspecified atom stereocenters. The molecule has 0 heterocycles. The summed E-state index contributed by atoms with van der Waals surface area (Å²) in [6.45, 7) is 8.39. The fourth-order valence-corrected chi connectivity index (χ4v) is 4.03. The monoisotopic (exact) mass is 424 g/mol. The molecule has 0 radical (unpaired) electrons. The van der Waals surface area contributed by atoms with Gasteiger partial charge < -0.3 is 19.8 Å². The van der Waals surface area contributed by atoms with Crippen molar-refractivity contribution in [1.29, 1.82) is 0 Å². The SMILES string of the molecule is CC1CCC(C(=O)[O-])C(C)C1.CC1CCC(C(=O)[O-])C(C)C1.[Cd+2]. The van der Waals surface area contributed by atoms with Crippen molar-refractivity contribution in [3.05, 3.63) is 0 Å². The van der Waals surface area contributed by atoms with Crippen LogP contribution in [0.15, 0.2) is 0 Å². The maximum absolute atomic E-state index is 10.6. The number of rotatable bonds is 2. The topological polar surface area (TPSA) is 80.3 Å². The third kappa shape index (κ3) is 7.52. The van der Waals surface area contributed by atoms with Crippen LogP contribution in [0.25, 0.3) is 0 Å². The van der Waals surface area contributed by atoms with Gasteiger partial charge in [0.15, 0.2) is 0 Å². The van der Waals surface area contributed by atoms with Gasteiger partial charge >= 0.3 is 27.3 Å². The first-order valence-electron chi connectivity index (χ1n) is 8.64. The van der Waals surface area contributed by atoms with Gasteiger partial charge in [0.1, 0.15) is 0 Å². The molecule has 2 aliphatic carbocycles. The second-order valence-corrected chi connectivity index (χ2v) is 7.64. The van der Waals surface area contributed by atoms with Crippen LogP contribution in [0.5, 0.6) is 0 Å². The Morgan fingerprint density at radius 3 is 1.22 bits per heavy atom. The van der Waals surface area contributed by atoms with Crippen molar-refractivity contribution in [2.24, 2.45) is 35.5 Å². The molecule has 5 heteroatoms. The Balaban J connectivity index is 0.000000403. The first kappa shape index (κ1) is 22.9. The molecule has 128 valence electrons. The van der Waals surface area contributed by atoms with Crippen LogP contribution in [0.3, 0.4) is 0 Å². The van der Waals surface area contributed by atoms with Crippen molar-refractivity contribution in [3.8, 4) is 0 Å². The molecule has 0 spiro atoms. The summed E-state index contributed by atoms with van der Waals surface area (Å²) in [5.41, 5.74) is 0. The van der Waals surface area contributed by atoms with Gasteiger partial charge in [-0.15, -0.1) is 0 Å². The van der Waals surface area contributed by atoms with Gasteiger partial charge in [-0.2, -0.15) is 0 Å². The van der Waals surface area contributed by atoms with E-state index in [1.807, 2.05) is 13.8 Å². The summed E-state index contributed by atoms with van der Waals surface area (Å²) in [6.07, 6.45) is 5.79. The fraction of sp³-hybridized carbons (Fsp3) is 0.889. The van der Waals surface area contributed by atoms with Crippen molar-refractivity contribution in [2.45, 2.75) is 66.2 Å².